The number of hydrogen-bond acceptors (Lipinski definition) is 4. The van der Waals surface area contributed by atoms with Crippen LogP contribution in [0.25, 0.3) is 11.5 Å². The Morgan fingerprint density at radius 2 is 1.92 bits per heavy atom. The van der Waals surface area contributed by atoms with Gasteiger partial charge in [-0.1, -0.05) is 29.3 Å². The topological polar surface area (TPSA) is 77.1 Å². The SMILES string of the molecule is CC(CNC(=O)c1c(Cl)cccc1Cl)n1nc(-c2ccco2)ccc1=O. The lowest BCUT2D eigenvalue weighted by Crippen LogP contribution is -2.35. The third-order valence-corrected chi connectivity index (χ3v) is 4.39. The van der Waals surface area contributed by atoms with E-state index in [9.17, 15) is 9.59 Å². The third kappa shape index (κ3) is 3.81. The lowest BCUT2D eigenvalue weighted by molar-refractivity contribution is 0.0948. The number of furan rings is 1. The standard InChI is InChI=1S/C18H15Cl2N3O3/c1-11(10-21-18(25)17-12(19)4-2-5-13(17)20)23-16(24)8-7-14(22-23)15-6-3-9-26-15/h2-9,11H,10H2,1H3,(H,21,25). The summed E-state index contributed by atoms with van der Waals surface area (Å²) in [7, 11) is 0. The molecule has 134 valence electrons. The molecule has 6 nitrogen and oxygen atoms in total. The maximum atomic E-state index is 12.4. The van der Waals surface area contributed by atoms with Crippen LogP contribution in [-0.2, 0) is 0 Å². The molecule has 26 heavy (non-hydrogen) atoms. The number of rotatable bonds is 5. The van der Waals surface area contributed by atoms with Crippen LogP contribution in [0.3, 0.4) is 0 Å². The second kappa shape index (κ2) is 7.76. The van der Waals surface area contributed by atoms with Gasteiger partial charge < -0.3 is 9.73 Å². The van der Waals surface area contributed by atoms with Crippen molar-refractivity contribution >= 4 is 29.1 Å². The number of carbonyl (C=O) groups is 1. The van der Waals surface area contributed by atoms with Crippen molar-refractivity contribution in [3.8, 4) is 11.5 Å². The minimum atomic E-state index is -0.414. The lowest BCUT2D eigenvalue weighted by Gasteiger charge is -2.16. The normalized spacial score (nSPS) is 12.0. The fraction of sp³-hybridized carbons (Fsp3) is 0.167. The minimum Gasteiger partial charge on any atom is -0.463 e. The van der Waals surface area contributed by atoms with Crippen LogP contribution < -0.4 is 10.9 Å². The van der Waals surface area contributed by atoms with Crippen molar-refractivity contribution in [1.82, 2.24) is 15.1 Å². The van der Waals surface area contributed by atoms with E-state index in [1.807, 2.05) is 0 Å². The van der Waals surface area contributed by atoms with Gasteiger partial charge in [-0.3, -0.25) is 9.59 Å². The number of halogens is 2. The number of amides is 1. The van der Waals surface area contributed by atoms with Crippen molar-refractivity contribution in [1.29, 1.82) is 0 Å². The van der Waals surface area contributed by atoms with Gasteiger partial charge >= 0.3 is 0 Å². The second-order valence-corrected chi connectivity index (χ2v) is 6.45. The fourth-order valence-electron chi connectivity index (χ4n) is 2.43. The first-order valence-electron chi connectivity index (χ1n) is 7.83. The number of nitrogens with zero attached hydrogens (tertiary/aromatic N) is 2. The van der Waals surface area contributed by atoms with E-state index in [2.05, 4.69) is 10.4 Å². The van der Waals surface area contributed by atoms with E-state index in [1.165, 1.54) is 17.0 Å². The largest absolute Gasteiger partial charge is 0.463 e. The molecule has 0 bridgehead atoms. The number of nitrogens with one attached hydrogen (secondary N) is 1. The Hall–Kier alpha value is -2.57. The van der Waals surface area contributed by atoms with Crippen LogP contribution in [0.5, 0.6) is 0 Å². The summed E-state index contributed by atoms with van der Waals surface area (Å²) in [4.78, 5) is 24.5. The summed E-state index contributed by atoms with van der Waals surface area (Å²) >= 11 is 12.1. The molecule has 2 aromatic heterocycles. The Kier molecular flexibility index (Phi) is 5.44. The summed E-state index contributed by atoms with van der Waals surface area (Å²) in [6.45, 7) is 1.95. The highest BCUT2D eigenvalue weighted by Crippen LogP contribution is 2.24. The highest BCUT2D eigenvalue weighted by Gasteiger charge is 2.17. The predicted octanol–water partition coefficient (Wildman–Crippen LogP) is 3.80. The summed E-state index contributed by atoms with van der Waals surface area (Å²) in [5.74, 6) is 0.139. The molecule has 1 amide bonds. The molecule has 1 atom stereocenters. The predicted molar refractivity (Wildman–Crippen MR) is 99.7 cm³/mol. The van der Waals surface area contributed by atoms with Crippen LogP contribution in [0.1, 0.15) is 23.3 Å². The molecule has 2 heterocycles. The maximum absolute atomic E-state index is 12.4. The van der Waals surface area contributed by atoms with Gasteiger partial charge in [-0.15, -0.1) is 0 Å². The van der Waals surface area contributed by atoms with Crippen molar-refractivity contribution in [2.75, 3.05) is 6.54 Å². The fourth-order valence-corrected chi connectivity index (χ4v) is 3.00. The quantitative estimate of drug-likeness (QED) is 0.717. The van der Waals surface area contributed by atoms with Gasteiger partial charge in [0.15, 0.2) is 5.76 Å². The molecule has 0 saturated heterocycles. The molecule has 0 aliphatic carbocycles. The van der Waals surface area contributed by atoms with E-state index >= 15 is 0 Å². The minimum absolute atomic E-state index is 0.175. The molecular weight excluding hydrogens is 377 g/mol. The van der Waals surface area contributed by atoms with Gasteiger partial charge in [0, 0.05) is 12.6 Å². The van der Waals surface area contributed by atoms with E-state index in [-0.39, 0.29) is 33.8 Å². The molecule has 0 saturated carbocycles. The smallest absolute Gasteiger partial charge is 0.267 e. The lowest BCUT2D eigenvalue weighted by atomic mass is 10.2. The van der Waals surface area contributed by atoms with Gasteiger partial charge in [0.05, 0.1) is 27.9 Å². The highest BCUT2D eigenvalue weighted by molar-refractivity contribution is 6.39. The Balaban J connectivity index is 1.76. The van der Waals surface area contributed by atoms with Crippen LogP contribution >= 0.6 is 23.2 Å². The zero-order valence-corrected chi connectivity index (χ0v) is 15.3. The molecule has 1 unspecified atom stereocenters. The van der Waals surface area contributed by atoms with Crippen LogP contribution in [0, 0.1) is 0 Å². The molecule has 1 aromatic carbocycles. The zero-order chi connectivity index (χ0) is 18.7. The molecule has 0 aliphatic heterocycles. The first kappa shape index (κ1) is 18.2. The molecule has 1 N–H and O–H groups in total. The Labute approximate surface area is 159 Å². The first-order valence-corrected chi connectivity index (χ1v) is 8.59. The second-order valence-electron chi connectivity index (χ2n) is 5.63. The van der Waals surface area contributed by atoms with Gasteiger partial charge in [-0.05, 0) is 37.3 Å². The Morgan fingerprint density at radius 3 is 2.58 bits per heavy atom. The van der Waals surface area contributed by atoms with Gasteiger partial charge in [-0.2, -0.15) is 5.10 Å². The van der Waals surface area contributed by atoms with E-state index in [4.69, 9.17) is 27.6 Å². The van der Waals surface area contributed by atoms with Crippen molar-refractivity contribution < 1.29 is 9.21 Å². The van der Waals surface area contributed by atoms with Crippen LogP contribution in [0.4, 0.5) is 0 Å². The van der Waals surface area contributed by atoms with Gasteiger partial charge in [0.25, 0.3) is 11.5 Å². The molecule has 0 fully saturated rings. The van der Waals surface area contributed by atoms with Crippen LogP contribution in [0.2, 0.25) is 10.0 Å². The third-order valence-electron chi connectivity index (χ3n) is 3.76. The van der Waals surface area contributed by atoms with Gasteiger partial charge in [0.2, 0.25) is 0 Å². The van der Waals surface area contributed by atoms with Crippen molar-refractivity contribution in [3.05, 3.63) is 74.7 Å². The summed E-state index contributed by atoms with van der Waals surface area (Å²) in [5, 5.41) is 7.56. The van der Waals surface area contributed by atoms with Crippen molar-refractivity contribution in [2.24, 2.45) is 0 Å². The number of carbonyl (C=O) groups excluding carboxylic acids is 1. The maximum Gasteiger partial charge on any atom is 0.267 e. The molecular formula is C18H15Cl2N3O3. The van der Waals surface area contributed by atoms with Crippen molar-refractivity contribution in [2.45, 2.75) is 13.0 Å². The summed E-state index contributed by atoms with van der Waals surface area (Å²) in [6.07, 6.45) is 1.53. The van der Waals surface area contributed by atoms with Crippen LogP contribution in [0.15, 0.2) is 57.9 Å². The number of benzene rings is 1. The van der Waals surface area contributed by atoms with Crippen molar-refractivity contribution in [3.63, 3.8) is 0 Å². The van der Waals surface area contributed by atoms with E-state index in [1.54, 1.807) is 43.3 Å². The Bertz CT molecular complexity index is 963. The number of hydrogen-bond donors (Lipinski definition) is 1. The molecule has 8 heteroatoms. The van der Waals surface area contributed by atoms with Gasteiger partial charge in [-0.25, -0.2) is 4.68 Å². The summed E-state index contributed by atoms with van der Waals surface area (Å²) in [5.41, 5.74) is 0.451. The summed E-state index contributed by atoms with van der Waals surface area (Å²) in [6, 6.07) is 10.9. The van der Waals surface area contributed by atoms with E-state index in [0.717, 1.165) is 0 Å². The summed E-state index contributed by atoms with van der Waals surface area (Å²) < 4.78 is 6.60. The van der Waals surface area contributed by atoms with Gasteiger partial charge in [0.1, 0.15) is 5.69 Å². The average Bonchev–Trinajstić information content (AvgIpc) is 3.14. The molecule has 3 aromatic rings. The zero-order valence-electron chi connectivity index (χ0n) is 13.8. The Morgan fingerprint density at radius 1 is 1.19 bits per heavy atom. The van der Waals surface area contributed by atoms with E-state index < -0.39 is 5.91 Å². The number of aromatic nitrogens is 2. The van der Waals surface area contributed by atoms with E-state index in [0.29, 0.717) is 11.5 Å². The van der Waals surface area contributed by atoms with Crippen LogP contribution in [-0.4, -0.2) is 22.2 Å². The molecule has 0 aliphatic rings. The molecule has 0 radical (unpaired) electrons. The first-order chi connectivity index (χ1) is 12.5. The molecule has 3 rings (SSSR count). The molecule has 0 spiro atoms. The average molecular weight is 392 g/mol. The monoisotopic (exact) mass is 391 g/mol. The highest BCUT2D eigenvalue weighted by atomic mass is 35.5.